The number of benzene rings is 3. The van der Waals surface area contributed by atoms with E-state index in [-0.39, 0.29) is 12.3 Å². The number of rotatable bonds is 5. The number of nitrogens with zero attached hydrogens (tertiary/aromatic N) is 1. The van der Waals surface area contributed by atoms with Crippen LogP contribution in [-0.2, 0) is 24.1 Å². The zero-order valence-electron chi connectivity index (χ0n) is 17.0. The lowest BCUT2D eigenvalue weighted by Gasteiger charge is -2.25. The summed E-state index contributed by atoms with van der Waals surface area (Å²) in [6.07, 6.45) is 3.45. The Morgan fingerprint density at radius 3 is 2.19 bits per heavy atom. The lowest BCUT2D eigenvalue weighted by atomic mass is 10.0. The molecule has 5 nitrogen and oxygen atoms in total. The van der Waals surface area contributed by atoms with Crippen molar-refractivity contribution in [2.45, 2.75) is 31.7 Å². The largest absolute Gasteiger partial charge is 0.324 e. The van der Waals surface area contributed by atoms with Gasteiger partial charge in [0.25, 0.3) is 11.8 Å². The van der Waals surface area contributed by atoms with Crippen LogP contribution < -0.4 is 5.32 Å². The van der Waals surface area contributed by atoms with E-state index in [2.05, 4.69) is 5.32 Å². The number of carbonyl (C=O) groups is 3. The predicted octanol–water partition coefficient (Wildman–Crippen LogP) is 4.02. The van der Waals surface area contributed by atoms with Gasteiger partial charge in [0.15, 0.2) is 0 Å². The number of aryl methyl sites for hydroxylation is 2. The third-order valence-corrected chi connectivity index (χ3v) is 6.08. The normalized spacial score (nSPS) is 15.5. The highest BCUT2D eigenvalue weighted by atomic mass is 16.2. The van der Waals surface area contributed by atoms with Gasteiger partial charge in [0, 0.05) is 12.1 Å². The van der Waals surface area contributed by atoms with Crippen molar-refractivity contribution < 1.29 is 14.4 Å². The highest BCUT2D eigenvalue weighted by molar-refractivity contribution is 6.23. The van der Waals surface area contributed by atoms with Crippen molar-refractivity contribution in [3.05, 3.63) is 101 Å². The maximum absolute atomic E-state index is 13.4. The molecule has 3 aromatic rings. The van der Waals surface area contributed by atoms with Crippen molar-refractivity contribution in [1.29, 1.82) is 0 Å². The summed E-state index contributed by atoms with van der Waals surface area (Å²) in [4.78, 5) is 40.6. The van der Waals surface area contributed by atoms with Crippen molar-refractivity contribution in [3.8, 4) is 0 Å². The van der Waals surface area contributed by atoms with E-state index in [9.17, 15) is 14.4 Å². The van der Waals surface area contributed by atoms with Gasteiger partial charge in [-0.25, -0.2) is 0 Å². The Morgan fingerprint density at radius 1 is 0.839 bits per heavy atom. The van der Waals surface area contributed by atoms with Crippen LogP contribution in [0.25, 0.3) is 0 Å². The Kier molecular flexibility index (Phi) is 4.86. The van der Waals surface area contributed by atoms with E-state index >= 15 is 0 Å². The molecule has 2 aliphatic rings. The molecule has 0 fully saturated rings. The molecule has 0 saturated carbocycles. The second-order valence-electron chi connectivity index (χ2n) is 8.06. The van der Waals surface area contributed by atoms with Crippen molar-refractivity contribution >= 4 is 23.4 Å². The first-order chi connectivity index (χ1) is 15.1. The summed E-state index contributed by atoms with van der Waals surface area (Å²) in [5.41, 5.74) is 4.83. The van der Waals surface area contributed by atoms with E-state index in [1.165, 1.54) is 11.1 Å². The van der Waals surface area contributed by atoms with Crippen LogP contribution in [0.1, 0.15) is 43.8 Å². The second-order valence-corrected chi connectivity index (χ2v) is 8.06. The molecule has 5 heteroatoms. The van der Waals surface area contributed by atoms with Crippen LogP contribution in [0.5, 0.6) is 0 Å². The van der Waals surface area contributed by atoms with Crippen LogP contribution in [0.2, 0.25) is 0 Å². The first-order valence-corrected chi connectivity index (χ1v) is 10.6. The third kappa shape index (κ3) is 3.52. The lowest BCUT2D eigenvalue weighted by molar-refractivity contribution is -0.119. The molecular formula is C26H22N2O3. The quantitative estimate of drug-likeness (QED) is 0.646. The average Bonchev–Trinajstić information content (AvgIpc) is 3.36. The fourth-order valence-corrected chi connectivity index (χ4v) is 4.50. The number of anilines is 1. The SMILES string of the molecule is O=C(Nc1ccc2c(c1)CCC2)C(Cc1ccccc1)N1C(=O)c2ccccc2C1=O. The van der Waals surface area contributed by atoms with Gasteiger partial charge in [0.05, 0.1) is 11.1 Å². The summed E-state index contributed by atoms with van der Waals surface area (Å²) in [5, 5.41) is 2.95. The van der Waals surface area contributed by atoms with Gasteiger partial charge in [0.1, 0.15) is 6.04 Å². The fraction of sp³-hybridized carbons (Fsp3) is 0.192. The van der Waals surface area contributed by atoms with Crippen LogP contribution in [0.15, 0.2) is 72.8 Å². The highest BCUT2D eigenvalue weighted by Crippen LogP contribution is 2.28. The van der Waals surface area contributed by atoms with E-state index < -0.39 is 17.9 Å². The molecular weight excluding hydrogens is 388 g/mol. The molecule has 3 amide bonds. The Balaban J connectivity index is 1.47. The summed E-state index contributed by atoms with van der Waals surface area (Å²) in [6, 6.07) is 21.2. The molecule has 0 spiro atoms. The number of carbonyl (C=O) groups excluding carboxylic acids is 3. The summed E-state index contributed by atoms with van der Waals surface area (Å²) >= 11 is 0. The summed E-state index contributed by atoms with van der Waals surface area (Å²) in [5.74, 6) is -1.22. The Hall–Kier alpha value is -3.73. The smallest absolute Gasteiger partial charge is 0.262 e. The van der Waals surface area contributed by atoms with Crippen LogP contribution in [0.4, 0.5) is 5.69 Å². The van der Waals surface area contributed by atoms with Crippen molar-refractivity contribution in [2.75, 3.05) is 5.32 Å². The van der Waals surface area contributed by atoms with Crippen molar-refractivity contribution in [2.24, 2.45) is 0 Å². The van der Waals surface area contributed by atoms with E-state index in [1.54, 1.807) is 24.3 Å². The van der Waals surface area contributed by atoms with E-state index in [0.29, 0.717) is 16.8 Å². The maximum atomic E-state index is 13.4. The maximum Gasteiger partial charge on any atom is 0.262 e. The predicted molar refractivity (Wildman–Crippen MR) is 118 cm³/mol. The zero-order valence-corrected chi connectivity index (χ0v) is 17.0. The molecule has 1 aliphatic heterocycles. The molecule has 31 heavy (non-hydrogen) atoms. The number of nitrogens with one attached hydrogen (secondary N) is 1. The molecule has 1 unspecified atom stereocenters. The number of amides is 3. The third-order valence-electron chi connectivity index (χ3n) is 6.08. The van der Waals surface area contributed by atoms with Crippen LogP contribution in [-0.4, -0.2) is 28.7 Å². The standard InChI is InChI=1S/C26H22N2O3/c29-24(27-20-14-13-18-9-6-10-19(18)16-20)23(15-17-7-2-1-3-8-17)28-25(30)21-11-4-5-12-22(21)26(28)31/h1-5,7-8,11-14,16,23H,6,9-10,15H2,(H,27,29). The summed E-state index contributed by atoms with van der Waals surface area (Å²) in [6.45, 7) is 0. The number of hydrogen-bond acceptors (Lipinski definition) is 3. The monoisotopic (exact) mass is 410 g/mol. The minimum Gasteiger partial charge on any atom is -0.324 e. The van der Waals surface area contributed by atoms with Gasteiger partial charge in [-0.3, -0.25) is 19.3 Å². The first kappa shape index (κ1) is 19.2. The van der Waals surface area contributed by atoms with Gasteiger partial charge in [0.2, 0.25) is 5.91 Å². The molecule has 5 rings (SSSR count). The van der Waals surface area contributed by atoms with Gasteiger partial charge < -0.3 is 5.32 Å². The molecule has 1 N–H and O–H groups in total. The van der Waals surface area contributed by atoms with Gasteiger partial charge in [-0.1, -0.05) is 48.5 Å². The molecule has 0 saturated heterocycles. The van der Waals surface area contributed by atoms with E-state index in [1.807, 2.05) is 48.5 Å². The summed E-state index contributed by atoms with van der Waals surface area (Å²) in [7, 11) is 0. The number of fused-ring (bicyclic) bond motifs is 2. The molecule has 1 atom stereocenters. The van der Waals surface area contributed by atoms with Crippen molar-refractivity contribution in [1.82, 2.24) is 4.90 Å². The Bertz CT molecular complexity index is 1150. The Morgan fingerprint density at radius 2 is 1.48 bits per heavy atom. The van der Waals surface area contributed by atoms with Gasteiger partial charge in [-0.15, -0.1) is 0 Å². The van der Waals surface area contributed by atoms with Gasteiger partial charge in [-0.05, 0) is 60.2 Å². The number of imide groups is 1. The molecule has 0 bridgehead atoms. The highest BCUT2D eigenvalue weighted by Gasteiger charge is 2.42. The number of hydrogen-bond donors (Lipinski definition) is 1. The van der Waals surface area contributed by atoms with Gasteiger partial charge in [-0.2, -0.15) is 0 Å². The lowest BCUT2D eigenvalue weighted by Crippen LogP contribution is -2.48. The molecule has 0 radical (unpaired) electrons. The molecule has 1 heterocycles. The van der Waals surface area contributed by atoms with Crippen LogP contribution in [0, 0.1) is 0 Å². The molecule has 1 aliphatic carbocycles. The first-order valence-electron chi connectivity index (χ1n) is 10.6. The molecule has 0 aromatic heterocycles. The summed E-state index contributed by atoms with van der Waals surface area (Å²) < 4.78 is 0. The Labute approximate surface area is 180 Å². The minimum absolute atomic E-state index is 0.253. The molecule has 154 valence electrons. The second kappa shape index (κ2) is 7.84. The minimum atomic E-state index is -0.942. The van der Waals surface area contributed by atoms with E-state index in [4.69, 9.17) is 0 Å². The van der Waals surface area contributed by atoms with Crippen LogP contribution in [0.3, 0.4) is 0 Å². The van der Waals surface area contributed by atoms with Crippen LogP contribution >= 0.6 is 0 Å². The van der Waals surface area contributed by atoms with Crippen molar-refractivity contribution in [3.63, 3.8) is 0 Å². The van der Waals surface area contributed by atoms with Gasteiger partial charge >= 0.3 is 0 Å². The fourth-order valence-electron chi connectivity index (χ4n) is 4.50. The molecule has 3 aromatic carbocycles. The van der Waals surface area contributed by atoms with E-state index in [0.717, 1.165) is 29.7 Å². The topological polar surface area (TPSA) is 66.5 Å². The average molecular weight is 410 g/mol. The zero-order chi connectivity index (χ0) is 21.4.